The third kappa shape index (κ3) is 2.60. The standard InChI is InChI=1S/C16H14N4OS/c1-2-11-12(15-8-19-9-22-15)5-10(6-13(11)16(17)21)14-7-18-3-4-20-14/h3-9H,2H2,1H3,(H2,17,21). The minimum absolute atomic E-state index is 0.437. The molecule has 2 aromatic heterocycles. The molecule has 0 radical (unpaired) electrons. The summed E-state index contributed by atoms with van der Waals surface area (Å²) in [6.45, 7) is 2.01. The number of nitrogens with zero attached hydrogens (tertiary/aromatic N) is 3. The Bertz CT molecular complexity index is 801. The van der Waals surface area contributed by atoms with Gasteiger partial charge in [0.15, 0.2) is 0 Å². The molecule has 0 aliphatic rings. The lowest BCUT2D eigenvalue weighted by atomic mass is 9.93. The van der Waals surface area contributed by atoms with Gasteiger partial charge in [-0.1, -0.05) is 6.92 Å². The molecule has 0 bridgehead atoms. The van der Waals surface area contributed by atoms with Crippen molar-refractivity contribution in [2.75, 3.05) is 0 Å². The average molecular weight is 310 g/mol. The maximum absolute atomic E-state index is 11.9. The second kappa shape index (κ2) is 6.03. The van der Waals surface area contributed by atoms with Gasteiger partial charge in [0.05, 0.1) is 22.3 Å². The molecule has 22 heavy (non-hydrogen) atoms. The molecule has 1 amide bonds. The molecule has 0 saturated carbocycles. The predicted octanol–water partition coefficient (Wildman–Crippen LogP) is 2.93. The van der Waals surface area contributed by atoms with E-state index in [9.17, 15) is 4.79 Å². The fraction of sp³-hybridized carbons (Fsp3) is 0.125. The second-order valence-corrected chi connectivity index (χ2v) is 5.61. The fourth-order valence-corrected chi connectivity index (χ4v) is 3.10. The van der Waals surface area contributed by atoms with Gasteiger partial charge in [0.1, 0.15) is 0 Å². The molecule has 0 spiro atoms. The van der Waals surface area contributed by atoms with Gasteiger partial charge in [-0.15, -0.1) is 11.3 Å². The number of hydrogen-bond acceptors (Lipinski definition) is 5. The van der Waals surface area contributed by atoms with Crippen molar-refractivity contribution >= 4 is 17.2 Å². The van der Waals surface area contributed by atoms with E-state index in [-0.39, 0.29) is 0 Å². The lowest BCUT2D eigenvalue weighted by molar-refractivity contribution is 0.0999. The van der Waals surface area contributed by atoms with Crippen LogP contribution in [-0.2, 0) is 6.42 Å². The molecule has 2 N–H and O–H groups in total. The minimum Gasteiger partial charge on any atom is -0.366 e. The summed E-state index contributed by atoms with van der Waals surface area (Å²) in [6.07, 6.45) is 7.42. The van der Waals surface area contributed by atoms with E-state index in [4.69, 9.17) is 5.73 Å². The Balaban J connectivity index is 2.28. The van der Waals surface area contributed by atoms with E-state index in [0.717, 1.165) is 21.6 Å². The highest BCUT2D eigenvalue weighted by Crippen LogP contribution is 2.33. The van der Waals surface area contributed by atoms with E-state index in [0.29, 0.717) is 17.7 Å². The Labute approximate surface area is 131 Å². The van der Waals surface area contributed by atoms with E-state index in [2.05, 4.69) is 15.0 Å². The monoisotopic (exact) mass is 310 g/mol. The molecule has 0 aliphatic heterocycles. The van der Waals surface area contributed by atoms with Gasteiger partial charge in [-0.3, -0.25) is 19.7 Å². The van der Waals surface area contributed by atoms with Crippen molar-refractivity contribution in [2.45, 2.75) is 13.3 Å². The van der Waals surface area contributed by atoms with Crippen LogP contribution in [0.3, 0.4) is 0 Å². The average Bonchev–Trinajstić information content (AvgIpc) is 3.08. The molecule has 5 nitrogen and oxygen atoms in total. The summed E-state index contributed by atoms with van der Waals surface area (Å²) in [6, 6.07) is 3.80. The summed E-state index contributed by atoms with van der Waals surface area (Å²) in [7, 11) is 0. The summed E-state index contributed by atoms with van der Waals surface area (Å²) in [4.78, 5) is 25.4. The highest BCUT2D eigenvalue weighted by molar-refractivity contribution is 7.13. The van der Waals surface area contributed by atoms with Crippen LogP contribution in [-0.4, -0.2) is 20.9 Å². The van der Waals surface area contributed by atoms with Gasteiger partial charge in [-0.25, -0.2) is 0 Å². The highest BCUT2D eigenvalue weighted by Gasteiger charge is 2.17. The van der Waals surface area contributed by atoms with Crippen LogP contribution in [0.15, 0.2) is 42.4 Å². The topological polar surface area (TPSA) is 81.8 Å². The zero-order valence-electron chi connectivity index (χ0n) is 12.0. The first-order valence-electron chi connectivity index (χ1n) is 6.82. The third-order valence-electron chi connectivity index (χ3n) is 3.43. The third-order valence-corrected chi connectivity index (χ3v) is 4.23. The van der Waals surface area contributed by atoms with Crippen LogP contribution in [0, 0.1) is 0 Å². The largest absolute Gasteiger partial charge is 0.366 e. The lowest BCUT2D eigenvalue weighted by Crippen LogP contribution is -2.14. The second-order valence-electron chi connectivity index (χ2n) is 4.72. The zero-order chi connectivity index (χ0) is 15.5. The van der Waals surface area contributed by atoms with Crippen LogP contribution in [0.1, 0.15) is 22.8 Å². The number of carbonyl (C=O) groups excluding carboxylic acids is 1. The number of carbonyl (C=O) groups is 1. The van der Waals surface area contributed by atoms with Crippen molar-refractivity contribution in [2.24, 2.45) is 5.73 Å². The Hall–Kier alpha value is -2.60. The van der Waals surface area contributed by atoms with Crippen molar-refractivity contribution in [3.05, 3.63) is 53.6 Å². The minimum atomic E-state index is -0.437. The van der Waals surface area contributed by atoms with Crippen LogP contribution >= 0.6 is 11.3 Å². The van der Waals surface area contributed by atoms with E-state index < -0.39 is 5.91 Å². The van der Waals surface area contributed by atoms with Crippen molar-refractivity contribution in [1.82, 2.24) is 15.0 Å². The summed E-state index contributed by atoms with van der Waals surface area (Å²) < 4.78 is 0. The predicted molar refractivity (Wildman–Crippen MR) is 86.5 cm³/mol. The molecule has 2 heterocycles. The number of benzene rings is 1. The van der Waals surface area contributed by atoms with Crippen LogP contribution in [0.2, 0.25) is 0 Å². The first-order chi connectivity index (χ1) is 10.7. The van der Waals surface area contributed by atoms with Crippen LogP contribution in [0.25, 0.3) is 21.7 Å². The maximum Gasteiger partial charge on any atom is 0.249 e. The number of aromatic nitrogens is 3. The molecule has 3 rings (SSSR count). The lowest BCUT2D eigenvalue weighted by Gasteiger charge is -2.13. The number of rotatable bonds is 4. The van der Waals surface area contributed by atoms with Crippen LogP contribution in [0.5, 0.6) is 0 Å². The Kier molecular flexibility index (Phi) is 3.93. The number of primary amides is 1. The molecular formula is C16H14N4OS. The quantitative estimate of drug-likeness (QED) is 0.803. The molecule has 6 heteroatoms. The van der Waals surface area contributed by atoms with Gasteiger partial charge >= 0.3 is 0 Å². The Morgan fingerprint density at radius 2 is 2.09 bits per heavy atom. The van der Waals surface area contributed by atoms with Gasteiger partial charge in [0.25, 0.3) is 0 Å². The molecule has 0 atom stereocenters. The van der Waals surface area contributed by atoms with Crippen molar-refractivity contribution < 1.29 is 4.79 Å². The summed E-state index contributed by atoms with van der Waals surface area (Å²) >= 11 is 1.53. The highest BCUT2D eigenvalue weighted by atomic mass is 32.1. The first kappa shape index (κ1) is 14.3. The molecule has 0 aliphatic carbocycles. The van der Waals surface area contributed by atoms with Gasteiger partial charge < -0.3 is 5.73 Å². The summed E-state index contributed by atoms with van der Waals surface area (Å²) in [5.41, 5.74) is 11.3. The van der Waals surface area contributed by atoms with Gasteiger partial charge in [-0.05, 0) is 29.7 Å². The summed E-state index contributed by atoms with van der Waals surface area (Å²) in [5.74, 6) is -0.437. The smallest absolute Gasteiger partial charge is 0.249 e. The van der Waals surface area contributed by atoms with E-state index in [1.54, 1.807) is 36.4 Å². The molecule has 0 saturated heterocycles. The van der Waals surface area contributed by atoms with Gasteiger partial charge in [0, 0.05) is 29.7 Å². The molecular weight excluding hydrogens is 296 g/mol. The Morgan fingerprint density at radius 1 is 1.23 bits per heavy atom. The normalized spacial score (nSPS) is 10.6. The van der Waals surface area contributed by atoms with Crippen LogP contribution < -0.4 is 5.73 Å². The number of amides is 1. The number of nitrogens with two attached hydrogens (primary N) is 1. The fourth-order valence-electron chi connectivity index (χ4n) is 2.44. The number of hydrogen-bond donors (Lipinski definition) is 1. The Morgan fingerprint density at radius 3 is 2.68 bits per heavy atom. The molecule has 1 aromatic carbocycles. The molecule has 3 aromatic rings. The maximum atomic E-state index is 11.9. The zero-order valence-corrected chi connectivity index (χ0v) is 12.8. The van der Waals surface area contributed by atoms with Crippen molar-refractivity contribution in [1.29, 1.82) is 0 Å². The first-order valence-corrected chi connectivity index (χ1v) is 7.70. The molecule has 0 fully saturated rings. The SMILES string of the molecule is CCc1c(C(N)=O)cc(-c2cnccn2)cc1-c1cncs1. The number of thiazole rings is 1. The van der Waals surface area contributed by atoms with E-state index in [1.165, 1.54) is 11.3 Å². The molecule has 110 valence electrons. The molecule has 0 unspecified atom stereocenters. The van der Waals surface area contributed by atoms with Crippen molar-refractivity contribution in [3.8, 4) is 21.7 Å². The van der Waals surface area contributed by atoms with E-state index in [1.807, 2.05) is 13.0 Å². The van der Waals surface area contributed by atoms with E-state index >= 15 is 0 Å². The summed E-state index contributed by atoms with van der Waals surface area (Å²) in [5, 5.41) is 0. The van der Waals surface area contributed by atoms with Crippen molar-refractivity contribution in [3.63, 3.8) is 0 Å². The van der Waals surface area contributed by atoms with Gasteiger partial charge in [0.2, 0.25) is 5.91 Å². The van der Waals surface area contributed by atoms with Gasteiger partial charge in [-0.2, -0.15) is 0 Å². The van der Waals surface area contributed by atoms with Crippen LogP contribution in [0.4, 0.5) is 0 Å².